The molecule has 3 aromatic rings. The van der Waals surface area contributed by atoms with E-state index in [4.69, 9.17) is 0 Å². The molecule has 5 rings (SSSR count). The van der Waals surface area contributed by atoms with E-state index in [9.17, 15) is 9.59 Å². The van der Waals surface area contributed by atoms with Gasteiger partial charge in [-0.3, -0.25) is 9.59 Å². The van der Waals surface area contributed by atoms with Crippen LogP contribution in [0.25, 0.3) is 10.9 Å². The molecule has 2 fully saturated rings. The first kappa shape index (κ1) is 17.9. The Labute approximate surface area is 168 Å². The van der Waals surface area contributed by atoms with Crippen molar-refractivity contribution in [3.63, 3.8) is 0 Å². The number of rotatable bonds is 5. The summed E-state index contributed by atoms with van der Waals surface area (Å²) in [6.45, 7) is 2.62. The Hall–Kier alpha value is -3.16. The minimum Gasteiger partial charge on any atom is -0.350 e. The zero-order valence-electron chi connectivity index (χ0n) is 16.5. The summed E-state index contributed by atoms with van der Waals surface area (Å²) in [6.07, 6.45) is 5.91. The quantitative estimate of drug-likeness (QED) is 0.660. The van der Waals surface area contributed by atoms with Crippen LogP contribution in [-0.4, -0.2) is 60.8 Å². The van der Waals surface area contributed by atoms with Crippen LogP contribution >= 0.6 is 0 Å². The van der Waals surface area contributed by atoms with Crippen LogP contribution in [0.5, 0.6) is 0 Å². The van der Waals surface area contributed by atoms with E-state index >= 15 is 0 Å². The second kappa shape index (κ2) is 7.02. The molecule has 8 nitrogen and oxygen atoms in total. The Morgan fingerprint density at radius 3 is 2.83 bits per heavy atom. The number of hydrogen-bond acceptors (Lipinski definition) is 4. The van der Waals surface area contributed by atoms with Crippen molar-refractivity contribution >= 4 is 22.7 Å². The van der Waals surface area contributed by atoms with Crippen molar-refractivity contribution in [1.82, 2.24) is 29.4 Å². The zero-order valence-corrected chi connectivity index (χ0v) is 16.5. The molecule has 0 saturated carbocycles. The maximum Gasteiger partial charge on any atom is 0.227 e. The van der Waals surface area contributed by atoms with Crippen molar-refractivity contribution in [2.75, 3.05) is 19.6 Å². The van der Waals surface area contributed by atoms with Gasteiger partial charge in [-0.05, 0) is 18.1 Å². The van der Waals surface area contributed by atoms with Gasteiger partial charge in [0.15, 0.2) is 0 Å². The van der Waals surface area contributed by atoms with Gasteiger partial charge in [0.1, 0.15) is 5.69 Å². The molecule has 0 spiro atoms. The molecule has 2 saturated heterocycles. The van der Waals surface area contributed by atoms with Crippen molar-refractivity contribution in [3.8, 4) is 0 Å². The Bertz CT molecular complexity index is 1080. The SMILES string of the molecule is Cn1cc(CC(=O)N2CC(n3cc(CN4CCCC4=O)nn3)C2)c2ccccc21. The average Bonchev–Trinajstić information content (AvgIpc) is 3.36. The fourth-order valence-corrected chi connectivity index (χ4v) is 4.30. The summed E-state index contributed by atoms with van der Waals surface area (Å²) in [6, 6.07) is 8.32. The van der Waals surface area contributed by atoms with Gasteiger partial charge in [0, 0.05) is 50.2 Å². The molecule has 2 aliphatic heterocycles. The second-order valence-electron chi connectivity index (χ2n) is 8.02. The zero-order chi connectivity index (χ0) is 20.0. The monoisotopic (exact) mass is 392 g/mol. The third-order valence-electron chi connectivity index (χ3n) is 5.99. The molecule has 0 atom stereocenters. The summed E-state index contributed by atoms with van der Waals surface area (Å²) < 4.78 is 3.90. The van der Waals surface area contributed by atoms with Crippen LogP contribution < -0.4 is 0 Å². The number of aromatic nitrogens is 4. The van der Waals surface area contributed by atoms with Crippen molar-refractivity contribution in [2.45, 2.75) is 31.8 Å². The third kappa shape index (κ3) is 3.28. The number of para-hydroxylation sites is 1. The molecule has 2 aliphatic rings. The Kier molecular flexibility index (Phi) is 4.34. The van der Waals surface area contributed by atoms with Crippen LogP contribution in [0.3, 0.4) is 0 Å². The van der Waals surface area contributed by atoms with Crippen LogP contribution in [0.2, 0.25) is 0 Å². The maximum absolute atomic E-state index is 12.7. The summed E-state index contributed by atoms with van der Waals surface area (Å²) in [5.74, 6) is 0.328. The van der Waals surface area contributed by atoms with Crippen LogP contribution in [0.4, 0.5) is 0 Å². The van der Waals surface area contributed by atoms with E-state index in [0.717, 1.165) is 35.1 Å². The molecule has 150 valence electrons. The lowest BCUT2D eigenvalue weighted by Crippen LogP contribution is -2.51. The first-order valence-electron chi connectivity index (χ1n) is 10.1. The number of aryl methyl sites for hydroxylation is 1. The Morgan fingerprint density at radius 1 is 1.21 bits per heavy atom. The van der Waals surface area contributed by atoms with Gasteiger partial charge in [0.05, 0.1) is 25.2 Å². The first-order valence-corrected chi connectivity index (χ1v) is 10.1. The van der Waals surface area contributed by atoms with Crippen LogP contribution in [0, 0.1) is 0 Å². The summed E-state index contributed by atoms with van der Waals surface area (Å²) in [4.78, 5) is 28.2. The summed E-state index contributed by atoms with van der Waals surface area (Å²) in [7, 11) is 2.01. The number of benzene rings is 1. The summed E-state index contributed by atoms with van der Waals surface area (Å²) in [5.41, 5.74) is 3.01. The Balaban J connectivity index is 1.19. The molecule has 29 heavy (non-hydrogen) atoms. The van der Waals surface area contributed by atoms with E-state index < -0.39 is 0 Å². The lowest BCUT2D eigenvalue weighted by atomic mass is 10.1. The van der Waals surface area contributed by atoms with Gasteiger partial charge in [0.2, 0.25) is 11.8 Å². The van der Waals surface area contributed by atoms with Gasteiger partial charge >= 0.3 is 0 Å². The van der Waals surface area contributed by atoms with Crippen molar-refractivity contribution in [1.29, 1.82) is 0 Å². The van der Waals surface area contributed by atoms with Gasteiger partial charge in [0.25, 0.3) is 0 Å². The van der Waals surface area contributed by atoms with E-state index in [2.05, 4.69) is 27.0 Å². The van der Waals surface area contributed by atoms with Crippen LogP contribution in [-0.2, 0) is 29.6 Å². The molecular formula is C21H24N6O2. The highest BCUT2D eigenvalue weighted by atomic mass is 16.2. The highest BCUT2D eigenvalue weighted by Gasteiger charge is 2.33. The van der Waals surface area contributed by atoms with E-state index in [1.807, 2.05) is 46.1 Å². The largest absolute Gasteiger partial charge is 0.350 e. The number of amides is 2. The molecule has 2 amide bonds. The van der Waals surface area contributed by atoms with Gasteiger partial charge in [-0.15, -0.1) is 5.10 Å². The van der Waals surface area contributed by atoms with Crippen LogP contribution in [0.15, 0.2) is 36.7 Å². The molecule has 0 bridgehead atoms. The van der Waals surface area contributed by atoms with Gasteiger partial charge in [-0.25, -0.2) is 4.68 Å². The Morgan fingerprint density at radius 2 is 2.03 bits per heavy atom. The predicted octanol–water partition coefficient (Wildman–Crippen LogP) is 1.52. The molecule has 0 radical (unpaired) electrons. The number of hydrogen-bond donors (Lipinski definition) is 0. The van der Waals surface area contributed by atoms with Crippen molar-refractivity contribution in [2.24, 2.45) is 7.05 Å². The van der Waals surface area contributed by atoms with E-state index in [1.54, 1.807) is 0 Å². The van der Waals surface area contributed by atoms with Gasteiger partial charge in [-0.1, -0.05) is 23.4 Å². The highest BCUT2D eigenvalue weighted by Crippen LogP contribution is 2.25. The lowest BCUT2D eigenvalue weighted by Gasteiger charge is -2.38. The summed E-state index contributed by atoms with van der Waals surface area (Å²) in [5, 5.41) is 9.56. The number of likely N-dealkylation sites (tertiary alicyclic amines) is 2. The van der Waals surface area contributed by atoms with Gasteiger partial charge in [-0.2, -0.15) is 0 Å². The number of fused-ring (bicyclic) bond motifs is 1. The van der Waals surface area contributed by atoms with E-state index in [0.29, 0.717) is 32.5 Å². The normalized spacial score (nSPS) is 17.3. The van der Waals surface area contributed by atoms with Crippen molar-refractivity contribution < 1.29 is 9.59 Å². The molecule has 8 heteroatoms. The lowest BCUT2D eigenvalue weighted by molar-refractivity contribution is -0.136. The molecule has 2 aromatic heterocycles. The minimum absolute atomic E-state index is 0.139. The fraction of sp³-hybridized carbons (Fsp3) is 0.429. The van der Waals surface area contributed by atoms with E-state index in [1.165, 1.54) is 0 Å². The van der Waals surface area contributed by atoms with Crippen LogP contribution in [0.1, 0.15) is 30.1 Å². The smallest absolute Gasteiger partial charge is 0.227 e. The molecule has 0 N–H and O–H groups in total. The number of carbonyl (C=O) groups excluding carboxylic acids is 2. The van der Waals surface area contributed by atoms with Crippen molar-refractivity contribution in [3.05, 3.63) is 47.9 Å². The minimum atomic E-state index is 0.139. The standard InChI is InChI=1S/C21H24N6O2/c1-24-10-15(18-5-2-3-6-19(18)24)9-21(29)26-13-17(14-26)27-12-16(22-23-27)11-25-8-4-7-20(25)28/h2-3,5-6,10,12,17H,4,7-9,11,13-14H2,1H3. The average molecular weight is 392 g/mol. The highest BCUT2D eigenvalue weighted by molar-refractivity contribution is 5.89. The number of carbonyl (C=O) groups is 2. The summed E-state index contributed by atoms with van der Waals surface area (Å²) >= 11 is 0. The topological polar surface area (TPSA) is 76.3 Å². The maximum atomic E-state index is 12.7. The molecule has 1 aromatic carbocycles. The third-order valence-corrected chi connectivity index (χ3v) is 5.99. The predicted molar refractivity (Wildman–Crippen MR) is 107 cm³/mol. The fourth-order valence-electron chi connectivity index (χ4n) is 4.30. The van der Waals surface area contributed by atoms with Gasteiger partial charge < -0.3 is 14.4 Å². The van der Waals surface area contributed by atoms with E-state index in [-0.39, 0.29) is 17.9 Å². The first-order chi connectivity index (χ1) is 14.1. The second-order valence-corrected chi connectivity index (χ2v) is 8.02. The molecule has 4 heterocycles. The number of nitrogens with zero attached hydrogens (tertiary/aromatic N) is 6. The molecular weight excluding hydrogens is 368 g/mol. The molecule has 0 aliphatic carbocycles. The molecule has 0 unspecified atom stereocenters.